The van der Waals surface area contributed by atoms with Crippen molar-refractivity contribution in [3.63, 3.8) is 0 Å². The van der Waals surface area contributed by atoms with E-state index in [4.69, 9.17) is 9.47 Å². The first-order chi connectivity index (χ1) is 8.04. The Morgan fingerprint density at radius 1 is 1.29 bits per heavy atom. The second-order valence-corrected chi connectivity index (χ2v) is 4.24. The largest absolute Gasteiger partial charge is 0.493 e. The van der Waals surface area contributed by atoms with E-state index in [1.165, 1.54) is 0 Å². The summed E-state index contributed by atoms with van der Waals surface area (Å²) in [6, 6.07) is 5.48. The SMILES string of the molecule is COc1cc([C@H](C)O)ccc1OCCN(C)C. The van der Waals surface area contributed by atoms with Gasteiger partial charge in [0.2, 0.25) is 0 Å². The normalized spacial score (nSPS) is 12.6. The molecule has 1 rings (SSSR count). The number of aliphatic hydroxyl groups is 1. The van der Waals surface area contributed by atoms with Crippen molar-refractivity contribution in [2.45, 2.75) is 13.0 Å². The maximum atomic E-state index is 9.48. The molecule has 0 amide bonds. The molecule has 0 heterocycles. The Labute approximate surface area is 103 Å². The molecule has 17 heavy (non-hydrogen) atoms. The lowest BCUT2D eigenvalue weighted by Crippen LogP contribution is -2.19. The predicted molar refractivity (Wildman–Crippen MR) is 67.7 cm³/mol. The minimum atomic E-state index is -0.500. The summed E-state index contributed by atoms with van der Waals surface area (Å²) in [4.78, 5) is 2.05. The first-order valence-corrected chi connectivity index (χ1v) is 5.68. The maximum absolute atomic E-state index is 9.48. The Morgan fingerprint density at radius 2 is 2.00 bits per heavy atom. The Bertz CT molecular complexity index is 351. The fourth-order valence-corrected chi connectivity index (χ4v) is 1.40. The highest BCUT2D eigenvalue weighted by Gasteiger charge is 2.08. The van der Waals surface area contributed by atoms with Crippen molar-refractivity contribution in [3.8, 4) is 11.5 Å². The van der Waals surface area contributed by atoms with Crippen LogP contribution in [0.3, 0.4) is 0 Å². The van der Waals surface area contributed by atoms with E-state index >= 15 is 0 Å². The summed E-state index contributed by atoms with van der Waals surface area (Å²) in [5.41, 5.74) is 0.821. The molecule has 0 spiro atoms. The quantitative estimate of drug-likeness (QED) is 0.820. The van der Waals surface area contributed by atoms with Gasteiger partial charge in [-0.3, -0.25) is 0 Å². The molecule has 0 radical (unpaired) electrons. The molecule has 0 bridgehead atoms. The predicted octanol–water partition coefficient (Wildman–Crippen LogP) is 1.69. The summed E-state index contributed by atoms with van der Waals surface area (Å²) < 4.78 is 10.9. The fourth-order valence-electron chi connectivity index (χ4n) is 1.40. The molecular formula is C13H21NO3. The van der Waals surface area contributed by atoms with Gasteiger partial charge in [-0.15, -0.1) is 0 Å². The Hall–Kier alpha value is -1.26. The summed E-state index contributed by atoms with van der Waals surface area (Å²) in [5, 5.41) is 9.48. The van der Waals surface area contributed by atoms with E-state index in [-0.39, 0.29) is 0 Å². The van der Waals surface area contributed by atoms with Crippen LogP contribution in [0, 0.1) is 0 Å². The van der Waals surface area contributed by atoms with E-state index in [1.54, 1.807) is 20.1 Å². The van der Waals surface area contributed by atoms with E-state index in [0.29, 0.717) is 18.1 Å². The minimum Gasteiger partial charge on any atom is -0.493 e. The Balaban J connectivity index is 2.71. The van der Waals surface area contributed by atoms with E-state index in [0.717, 1.165) is 12.1 Å². The summed E-state index contributed by atoms with van der Waals surface area (Å²) >= 11 is 0. The van der Waals surface area contributed by atoms with Gasteiger partial charge in [0.15, 0.2) is 11.5 Å². The molecule has 0 saturated carbocycles. The average molecular weight is 239 g/mol. The number of likely N-dealkylation sites (N-methyl/N-ethyl adjacent to an activating group) is 1. The lowest BCUT2D eigenvalue weighted by molar-refractivity contribution is 0.198. The van der Waals surface area contributed by atoms with Gasteiger partial charge in [0.25, 0.3) is 0 Å². The summed E-state index contributed by atoms with van der Waals surface area (Å²) in [7, 11) is 5.59. The van der Waals surface area contributed by atoms with Crippen LogP contribution in [0.25, 0.3) is 0 Å². The van der Waals surface area contributed by atoms with Crippen molar-refractivity contribution in [2.75, 3.05) is 34.4 Å². The van der Waals surface area contributed by atoms with Crippen LogP contribution in [0.15, 0.2) is 18.2 Å². The van der Waals surface area contributed by atoms with Crippen LogP contribution in [0.2, 0.25) is 0 Å². The number of hydrogen-bond donors (Lipinski definition) is 1. The van der Waals surface area contributed by atoms with Crippen LogP contribution >= 0.6 is 0 Å². The lowest BCUT2D eigenvalue weighted by atomic mass is 10.1. The van der Waals surface area contributed by atoms with Crippen LogP contribution in [0.4, 0.5) is 0 Å². The van der Waals surface area contributed by atoms with Gasteiger partial charge in [0, 0.05) is 6.54 Å². The van der Waals surface area contributed by atoms with Crippen LogP contribution in [0.1, 0.15) is 18.6 Å². The van der Waals surface area contributed by atoms with Gasteiger partial charge >= 0.3 is 0 Å². The molecule has 0 unspecified atom stereocenters. The number of hydrogen-bond acceptors (Lipinski definition) is 4. The first-order valence-electron chi connectivity index (χ1n) is 5.68. The van der Waals surface area contributed by atoms with Gasteiger partial charge in [0.05, 0.1) is 13.2 Å². The second kappa shape index (κ2) is 6.47. The number of nitrogens with zero attached hydrogens (tertiary/aromatic N) is 1. The minimum absolute atomic E-state index is 0.500. The third-order valence-corrected chi connectivity index (χ3v) is 2.47. The Morgan fingerprint density at radius 3 is 2.53 bits per heavy atom. The number of rotatable bonds is 6. The van der Waals surface area contributed by atoms with Crippen LogP contribution < -0.4 is 9.47 Å². The number of aliphatic hydroxyl groups excluding tert-OH is 1. The average Bonchev–Trinajstić information content (AvgIpc) is 2.28. The molecule has 4 nitrogen and oxygen atoms in total. The second-order valence-electron chi connectivity index (χ2n) is 4.24. The zero-order chi connectivity index (χ0) is 12.8. The molecule has 0 aliphatic carbocycles. The van der Waals surface area contributed by atoms with Gasteiger partial charge in [-0.2, -0.15) is 0 Å². The van der Waals surface area contributed by atoms with Crippen LogP contribution in [-0.4, -0.2) is 44.4 Å². The third kappa shape index (κ3) is 4.24. The molecule has 0 aliphatic heterocycles. The molecule has 0 fully saturated rings. The molecule has 4 heteroatoms. The highest BCUT2D eigenvalue weighted by atomic mass is 16.5. The summed E-state index contributed by atoms with van der Waals surface area (Å²) in [6.45, 7) is 3.18. The van der Waals surface area contributed by atoms with Crippen molar-refractivity contribution in [1.82, 2.24) is 4.90 Å². The number of benzene rings is 1. The van der Waals surface area contributed by atoms with E-state index in [1.807, 2.05) is 26.2 Å². The van der Waals surface area contributed by atoms with Gasteiger partial charge in [-0.25, -0.2) is 0 Å². The molecule has 0 saturated heterocycles. The molecule has 1 aromatic rings. The number of methoxy groups -OCH3 is 1. The topological polar surface area (TPSA) is 41.9 Å². The van der Waals surface area contributed by atoms with E-state index in [9.17, 15) is 5.11 Å². The Kier molecular flexibility index (Phi) is 5.25. The van der Waals surface area contributed by atoms with Gasteiger partial charge in [-0.05, 0) is 38.7 Å². The highest BCUT2D eigenvalue weighted by Crippen LogP contribution is 2.30. The number of ether oxygens (including phenoxy) is 2. The summed E-state index contributed by atoms with van der Waals surface area (Å²) in [6.07, 6.45) is -0.500. The molecule has 1 N–H and O–H groups in total. The van der Waals surface area contributed by atoms with Crippen LogP contribution in [0.5, 0.6) is 11.5 Å². The van der Waals surface area contributed by atoms with Crippen molar-refractivity contribution >= 4 is 0 Å². The van der Waals surface area contributed by atoms with E-state index in [2.05, 4.69) is 4.90 Å². The molecule has 0 aromatic heterocycles. The van der Waals surface area contributed by atoms with Crippen molar-refractivity contribution in [1.29, 1.82) is 0 Å². The lowest BCUT2D eigenvalue weighted by Gasteiger charge is -2.15. The molecule has 0 aliphatic rings. The smallest absolute Gasteiger partial charge is 0.161 e. The maximum Gasteiger partial charge on any atom is 0.161 e. The molecule has 96 valence electrons. The van der Waals surface area contributed by atoms with Crippen molar-refractivity contribution in [2.24, 2.45) is 0 Å². The van der Waals surface area contributed by atoms with Gasteiger partial charge < -0.3 is 19.5 Å². The molecule has 1 atom stereocenters. The first kappa shape index (κ1) is 13.8. The van der Waals surface area contributed by atoms with Gasteiger partial charge in [-0.1, -0.05) is 6.07 Å². The van der Waals surface area contributed by atoms with Crippen molar-refractivity contribution < 1.29 is 14.6 Å². The zero-order valence-corrected chi connectivity index (χ0v) is 10.9. The molecule has 1 aromatic carbocycles. The van der Waals surface area contributed by atoms with E-state index < -0.39 is 6.10 Å². The molecular weight excluding hydrogens is 218 g/mol. The van der Waals surface area contributed by atoms with Gasteiger partial charge in [0.1, 0.15) is 6.61 Å². The van der Waals surface area contributed by atoms with Crippen LogP contribution in [-0.2, 0) is 0 Å². The van der Waals surface area contributed by atoms with Crippen molar-refractivity contribution in [3.05, 3.63) is 23.8 Å². The highest BCUT2D eigenvalue weighted by molar-refractivity contribution is 5.43. The monoisotopic (exact) mass is 239 g/mol. The summed E-state index contributed by atoms with van der Waals surface area (Å²) in [5.74, 6) is 1.36. The fraction of sp³-hybridized carbons (Fsp3) is 0.538. The standard InChI is InChI=1S/C13H21NO3/c1-10(15)11-5-6-12(13(9-11)16-4)17-8-7-14(2)3/h5-6,9-10,15H,7-8H2,1-4H3/t10-/m0/s1. The third-order valence-electron chi connectivity index (χ3n) is 2.47. The zero-order valence-electron chi connectivity index (χ0n) is 10.9.